The number of carbonyl (C=O) groups excluding carboxylic acids is 1. The van der Waals surface area contributed by atoms with Crippen molar-refractivity contribution in [1.82, 2.24) is 14.8 Å². The third-order valence-electron chi connectivity index (χ3n) is 6.27. The maximum atomic E-state index is 13.2. The number of amides is 1. The molecule has 3 aromatic carbocycles. The number of fused-ring (bicyclic) bond motifs is 1. The van der Waals surface area contributed by atoms with E-state index in [1.54, 1.807) is 7.11 Å². The molecule has 1 amide bonds. The molecule has 0 bridgehead atoms. The molecule has 6 nitrogen and oxygen atoms in total. The predicted octanol–water partition coefficient (Wildman–Crippen LogP) is 5.27. The van der Waals surface area contributed by atoms with Crippen molar-refractivity contribution in [3.05, 3.63) is 90.0 Å². The summed E-state index contributed by atoms with van der Waals surface area (Å²) in [6.07, 6.45) is 2.84. The van der Waals surface area contributed by atoms with Gasteiger partial charge in [-0.1, -0.05) is 72.4 Å². The molecule has 178 valence electrons. The van der Waals surface area contributed by atoms with Gasteiger partial charge in [-0.15, -0.1) is 10.2 Å². The molecule has 1 aromatic heterocycles. The largest absolute Gasteiger partial charge is 0.496 e. The second-order valence-electron chi connectivity index (χ2n) is 8.46. The van der Waals surface area contributed by atoms with E-state index in [0.29, 0.717) is 12.3 Å². The van der Waals surface area contributed by atoms with Crippen LogP contribution in [0.4, 0.5) is 5.69 Å². The number of benzene rings is 3. The molecule has 35 heavy (non-hydrogen) atoms. The van der Waals surface area contributed by atoms with E-state index in [0.717, 1.165) is 53.8 Å². The highest BCUT2D eigenvalue weighted by Gasteiger charge is 2.24. The average molecular weight is 485 g/mol. The molecule has 0 N–H and O–H groups in total. The number of thioether (sulfide) groups is 1. The van der Waals surface area contributed by atoms with Crippen molar-refractivity contribution in [2.24, 2.45) is 0 Å². The zero-order valence-electron chi connectivity index (χ0n) is 19.8. The number of ether oxygens (including phenoxy) is 1. The van der Waals surface area contributed by atoms with Gasteiger partial charge in [0, 0.05) is 18.8 Å². The van der Waals surface area contributed by atoms with E-state index in [9.17, 15) is 4.79 Å². The first-order chi connectivity index (χ1) is 17.2. The van der Waals surface area contributed by atoms with E-state index in [1.807, 2.05) is 65.6 Å². The van der Waals surface area contributed by atoms with Gasteiger partial charge in [0.2, 0.25) is 5.91 Å². The Bertz CT molecular complexity index is 1310. The first kappa shape index (κ1) is 23.2. The van der Waals surface area contributed by atoms with Gasteiger partial charge in [-0.25, -0.2) is 0 Å². The van der Waals surface area contributed by atoms with E-state index < -0.39 is 0 Å². The first-order valence-corrected chi connectivity index (χ1v) is 12.8. The monoisotopic (exact) mass is 484 g/mol. The molecule has 1 aliphatic heterocycles. The third-order valence-corrected chi connectivity index (χ3v) is 7.22. The van der Waals surface area contributed by atoms with Gasteiger partial charge in [0.15, 0.2) is 11.0 Å². The summed E-state index contributed by atoms with van der Waals surface area (Å²) in [6.45, 7) is 1.46. The fraction of sp³-hybridized carbons (Fsp3) is 0.250. The van der Waals surface area contributed by atoms with Crippen LogP contribution in [-0.4, -0.2) is 40.1 Å². The van der Waals surface area contributed by atoms with Crippen LogP contribution < -0.4 is 9.64 Å². The van der Waals surface area contributed by atoms with Crippen LogP contribution in [0.1, 0.15) is 17.5 Å². The average Bonchev–Trinajstić information content (AvgIpc) is 3.33. The molecule has 2 heterocycles. The van der Waals surface area contributed by atoms with E-state index in [4.69, 9.17) is 4.74 Å². The summed E-state index contributed by atoms with van der Waals surface area (Å²) in [5.74, 6) is 1.90. The number of rotatable bonds is 8. The van der Waals surface area contributed by atoms with Gasteiger partial charge >= 0.3 is 0 Å². The minimum absolute atomic E-state index is 0.0959. The lowest BCUT2D eigenvalue weighted by molar-refractivity contribution is -0.116. The quantitative estimate of drug-likeness (QED) is 0.319. The van der Waals surface area contributed by atoms with E-state index in [2.05, 4.69) is 33.0 Å². The van der Waals surface area contributed by atoms with E-state index >= 15 is 0 Å². The van der Waals surface area contributed by atoms with Gasteiger partial charge in [0.05, 0.1) is 18.4 Å². The Hall–Kier alpha value is -3.58. The summed E-state index contributed by atoms with van der Waals surface area (Å²) >= 11 is 1.44. The van der Waals surface area contributed by atoms with Crippen molar-refractivity contribution in [1.29, 1.82) is 0 Å². The smallest absolute Gasteiger partial charge is 0.237 e. The summed E-state index contributed by atoms with van der Waals surface area (Å²) < 4.78 is 7.69. The molecule has 4 aromatic rings. The molecule has 0 fully saturated rings. The number of hydrogen-bond donors (Lipinski definition) is 0. The van der Waals surface area contributed by atoms with Crippen molar-refractivity contribution >= 4 is 23.4 Å². The summed E-state index contributed by atoms with van der Waals surface area (Å²) in [5, 5.41) is 9.75. The van der Waals surface area contributed by atoms with Gasteiger partial charge in [0.25, 0.3) is 0 Å². The summed E-state index contributed by atoms with van der Waals surface area (Å²) in [4.78, 5) is 15.1. The molecular formula is C28H28N4O2S. The minimum Gasteiger partial charge on any atom is -0.496 e. The Kier molecular flexibility index (Phi) is 7.14. The Balaban J connectivity index is 1.39. The number of aryl methyl sites for hydroxylation is 2. The lowest BCUT2D eigenvalue weighted by Crippen LogP contribution is -2.36. The zero-order chi connectivity index (χ0) is 24.0. The molecule has 7 heteroatoms. The molecular weight excluding hydrogens is 456 g/mol. The van der Waals surface area contributed by atoms with Crippen molar-refractivity contribution in [2.45, 2.75) is 31.0 Å². The summed E-state index contributed by atoms with van der Waals surface area (Å²) in [6, 6.07) is 26.4. The fourth-order valence-corrected chi connectivity index (χ4v) is 5.35. The second-order valence-corrected chi connectivity index (χ2v) is 9.40. The van der Waals surface area contributed by atoms with Crippen LogP contribution in [0, 0.1) is 0 Å². The second kappa shape index (κ2) is 10.8. The van der Waals surface area contributed by atoms with Gasteiger partial charge < -0.3 is 14.2 Å². The van der Waals surface area contributed by atoms with Gasteiger partial charge in [-0.05, 0) is 48.6 Å². The molecule has 1 aliphatic rings. The van der Waals surface area contributed by atoms with Gasteiger partial charge in [-0.2, -0.15) is 0 Å². The molecule has 0 saturated heterocycles. The van der Waals surface area contributed by atoms with Crippen molar-refractivity contribution in [2.75, 3.05) is 24.3 Å². The van der Waals surface area contributed by atoms with Crippen LogP contribution in [0.2, 0.25) is 0 Å². The predicted molar refractivity (Wildman–Crippen MR) is 140 cm³/mol. The highest BCUT2D eigenvalue weighted by Crippen LogP contribution is 2.32. The minimum atomic E-state index is 0.0959. The highest BCUT2D eigenvalue weighted by atomic mass is 32.2. The standard InChI is InChI=1S/C28H28N4O2S/c1-34-25-16-8-6-14-23(25)27-29-30-28(32(27)19-17-21-10-3-2-4-11-21)35-20-26(33)31-18-9-13-22-12-5-7-15-24(22)31/h2-8,10-12,14-16H,9,13,17-20H2,1H3. The number of nitrogens with zero attached hydrogens (tertiary/aromatic N) is 4. The molecule has 5 rings (SSSR count). The summed E-state index contributed by atoms with van der Waals surface area (Å²) in [5.41, 5.74) is 4.40. The van der Waals surface area contributed by atoms with Crippen LogP contribution in [0.5, 0.6) is 5.75 Å². The Morgan fingerprint density at radius 2 is 1.74 bits per heavy atom. The maximum Gasteiger partial charge on any atom is 0.237 e. The zero-order valence-corrected chi connectivity index (χ0v) is 20.6. The first-order valence-electron chi connectivity index (χ1n) is 11.9. The van der Waals surface area contributed by atoms with Gasteiger partial charge in [0.1, 0.15) is 5.75 Å². The Morgan fingerprint density at radius 1 is 0.971 bits per heavy atom. The third kappa shape index (κ3) is 5.10. The van der Waals surface area contributed by atoms with Crippen LogP contribution in [0.3, 0.4) is 0 Å². The molecule has 0 aliphatic carbocycles. The van der Waals surface area contributed by atoms with E-state index in [-0.39, 0.29) is 5.91 Å². The SMILES string of the molecule is COc1ccccc1-c1nnc(SCC(=O)N2CCCc3ccccc32)n1CCc1ccccc1. The molecule has 0 saturated carbocycles. The fourth-order valence-electron chi connectivity index (χ4n) is 4.51. The normalized spacial score (nSPS) is 12.9. The lowest BCUT2D eigenvalue weighted by atomic mass is 10.0. The van der Waals surface area contributed by atoms with Crippen LogP contribution in [-0.2, 0) is 24.2 Å². The molecule has 0 spiro atoms. The highest BCUT2D eigenvalue weighted by molar-refractivity contribution is 7.99. The number of para-hydroxylation sites is 2. The molecule has 0 atom stereocenters. The van der Waals surface area contributed by atoms with E-state index in [1.165, 1.54) is 22.9 Å². The summed E-state index contributed by atoms with van der Waals surface area (Å²) in [7, 11) is 1.66. The van der Waals surface area contributed by atoms with Crippen LogP contribution >= 0.6 is 11.8 Å². The molecule has 0 radical (unpaired) electrons. The Morgan fingerprint density at radius 3 is 2.60 bits per heavy atom. The lowest BCUT2D eigenvalue weighted by Gasteiger charge is -2.29. The number of carbonyl (C=O) groups is 1. The van der Waals surface area contributed by atoms with Crippen molar-refractivity contribution in [3.63, 3.8) is 0 Å². The van der Waals surface area contributed by atoms with Crippen molar-refractivity contribution in [3.8, 4) is 17.1 Å². The van der Waals surface area contributed by atoms with Crippen LogP contribution in [0.25, 0.3) is 11.4 Å². The number of aromatic nitrogens is 3. The van der Waals surface area contributed by atoms with Crippen LogP contribution in [0.15, 0.2) is 84.0 Å². The molecule has 0 unspecified atom stereocenters. The van der Waals surface area contributed by atoms with Crippen molar-refractivity contribution < 1.29 is 9.53 Å². The topological polar surface area (TPSA) is 60.3 Å². The Labute approximate surface area is 210 Å². The number of methoxy groups -OCH3 is 1. The maximum absolute atomic E-state index is 13.2. The number of hydrogen-bond acceptors (Lipinski definition) is 5. The van der Waals surface area contributed by atoms with Gasteiger partial charge in [-0.3, -0.25) is 4.79 Å². The number of anilines is 1.